The summed E-state index contributed by atoms with van der Waals surface area (Å²) in [5, 5.41) is 11.8. The minimum absolute atomic E-state index is 0.0863. The van der Waals surface area contributed by atoms with Crippen molar-refractivity contribution in [3.63, 3.8) is 0 Å². The van der Waals surface area contributed by atoms with Crippen LogP contribution in [0.1, 0.15) is 24.5 Å². The van der Waals surface area contributed by atoms with Gasteiger partial charge in [0.25, 0.3) is 0 Å². The van der Waals surface area contributed by atoms with Crippen LogP contribution in [0.3, 0.4) is 0 Å². The van der Waals surface area contributed by atoms with Crippen LogP contribution >= 0.6 is 0 Å². The van der Waals surface area contributed by atoms with Gasteiger partial charge in [-0.15, -0.1) is 0 Å². The lowest BCUT2D eigenvalue weighted by molar-refractivity contribution is -0.139. The molecule has 0 aromatic heterocycles. The number of nitrogens with one attached hydrogen (secondary N) is 1. The smallest absolute Gasteiger partial charge is 0.341 e. The predicted octanol–water partition coefficient (Wildman–Crippen LogP) is 5.67. The van der Waals surface area contributed by atoms with E-state index in [2.05, 4.69) is 37.4 Å². The first-order chi connectivity index (χ1) is 15.0. The van der Waals surface area contributed by atoms with Gasteiger partial charge in [0.1, 0.15) is 5.75 Å². The predicted molar refractivity (Wildman–Crippen MR) is 119 cm³/mol. The zero-order valence-electron chi connectivity index (χ0n) is 17.7. The molecule has 162 valence electrons. The normalized spacial score (nSPS) is 10.5. The van der Waals surface area contributed by atoms with Gasteiger partial charge in [-0.2, -0.15) is 0 Å². The number of hydrogen-bond acceptors (Lipinski definition) is 4. The molecule has 0 bridgehead atoms. The van der Waals surface area contributed by atoms with E-state index in [1.165, 1.54) is 12.1 Å². The van der Waals surface area contributed by atoms with Gasteiger partial charge >= 0.3 is 5.97 Å². The van der Waals surface area contributed by atoms with Crippen LogP contribution in [0.25, 0.3) is 11.1 Å². The molecule has 0 saturated heterocycles. The van der Waals surface area contributed by atoms with Crippen LogP contribution in [0.15, 0.2) is 60.7 Å². The van der Waals surface area contributed by atoms with Crippen LogP contribution in [0.5, 0.6) is 11.5 Å². The van der Waals surface area contributed by atoms with Crippen molar-refractivity contribution < 1.29 is 23.8 Å². The molecular weight excluding hydrogens is 397 g/mol. The molecule has 5 nitrogen and oxygen atoms in total. The number of benzene rings is 3. The van der Waals surface area contributed by atoms with E-state index in [-0.39, 0.29) is 5.75 Å². The summed E-state index contributed by atoms with van der Waals surface area (Å²) in [5.74, 6) is -0.976. The molecule has 0 saturated carbocycles. The number of anilines is 1. The summed E-state index contributed by atoms with van der Waals surface area (Å²) >= 11 is 0. The first kappa shape index (κ1) is 22.2. The maximum atomic E-state index is 14.1. The second-order valence-corrected chi connectivity index (χ2v) is 7.21. The third kappa shape index (κ3) is 6.22. The van der Waals surface area contributed by atoms with Crippen molar-refractivity contribution in [2.24, 2.45) is 0 Å². The van der Waals surface area contributed by atoms with Crippen LogP contribution in [-0.4, -0.2) is 24.3 Å². The second-order valence-electron chi connectivity index (χ2n) is 7.21. The van der Waals surface area contributed by atoms with Gasteiger partial charge in [0.15, 0.2) is 18.2 Å². The summed E-state index contributed by atoms with van der Waals surface area (Å²) in [7, 11) is 0. The van der Waals surface area contributed by atoms with E-state index in [0.29, 0.717) is 18.8 Å². The third-order valence-electron chi connectivity index (χ3n) is 4.69. The second kappa shape index (κ2) is 10.5. The fourth-order valence-electron chi connectivity index (χ4n) is 3.19. The Labute approximate surface area is 181 Å². The van der Waals surface area contributed by atoms with Crippen molar-refractivity contribution in [3.05, 3.63) is 77.6 Å². The van der Waals surface area contributed by atoms with Crippen LogP contribution in [-0.2, 0) is 11.3 Å². The molecule has 31 heavy (non-hydrogen) atoms. The van der Waals surface area contributed by atoms with Gasteiger partial charge in [0.2, 0.25) is 0 Å². The third-order valence-corrected chi connectivity index (χ3v) is 4.69. The maximum Gasteiger partial charge on any atom is 0.341 e. The fourth-order valence-corrected chi connectivity index (χ4v) is 3.19. The van der Waals surface area contributed by atoms with Crippen molar-refractivity contribution in [1.29, 1.82) is 0 Å². The first-order valence-electron chi connectivity index (χ1n) is 10.2. The molecule has 0 heterocycles. The van der Waals surface area contributed by atoms with Crippen LogP contribution in [0.4, 0.5) is 10.1 Å². The standard InChI is InChI=1S/C25H26FNO4/c1-3-11-30-21-8-9-22(17(2)12-21)19-6-4-5-18(13-19)15-27-20-7-10-24(23(26)14-20)31-16-25(28)29/h4-10,12-14,27H,3,11,15-16H2,1-2H3,(H,28,29). The molecule has 0 fully saturated rings. The average molecular weight is 423 g/mol. The Kier molecular flexibility index (Phi) is 7.49. The molecule has 0 aliphatic heterocycles. The quantitative estimate of drug-likeness (QED) is 0.440. The molecule has 0 spiro atoms. The average Bonchev–Trinajstić information content (AvgIpc) is 2.75. The van der Waals surface area contributed by atoms with Crippen molar-refractivity contribution in [2.75, 3.05) is 18.5 Å². The molecule has 3 rings (SSSR count). The molecule has 6 heteroatoms. The zero-order chi connectivity index (χ0) is 22.2. The number of carboxylic acid groups (broad SMARTS) is 1. The topological polar surface area (TPSA) is 67.8 Å². The first-order valence-corrected chi connectivity index (χ1v) is 10.2. The van der Waals surface area contributed by atoms with Gasteiger partial charge < -0.3 is 19.9 Å². The van der Waals surface area contributed by atoms with E-state index < -0.39 is 18.4 Å². The summed E-state index contributed by atoms with van der Waals surface area (Å²) in [6, 6.07) is 18.6. The number of carboxylic acids is 1. The Morgan fingerprint density at radius 2 is 1.90 bits per heavy atom. The highest BCUT2D eigenvalue weighted by Gasteiger charge is 2.08. The summed E-state index contributed by atoms with van der Waals surface area (Å²) < 4.78 is 24.7. The zero-order valence-corrected chi connectivity index (χ0v) is 17.7. The van der Waals surface area contributed by atoms with Crippen molar-refractivity contribution in [1.82, 2.24) is 0 Å². The molecule has 0 atom stereocenters. The number of ether oxygens (including phenoxy) is 2. The number of aryl methyl sites for hydroxylation is 1. The van der Waals surface area contributed by atoms with Gasteiger partial charge in [0.05, 0.1) is 6.61 Å². The minimum atomic E-state index is -1.15. The van der Waals surface area contributed by atoms with Gasteiger partial charge in [0, 0.05) is 18.3 Å². The Morgan fingerprint density at radius 3 is 2.61 bits per heavy atom. The summed E-state index contributed by atoms with van der Waals surface area (Å²) in [6.07, 6.45) is 0.970. The largest absolute Gasteiger partial charge is 0.494 e. The lowest BCUT2D eigenvalue weighted by Crippen LogP contribution is -2.10. The van der Waals surface area contributed by atoms with Gasteiger partial charge in [-0.05, 0) is 65.9 Å². The van der Waals surface area contributed by atoms with Crippen molar-refractivity contribution in [2.45, 2.75) is 26.8 Å². The highest BCUT2D eigenvalue weighted by molar-refractivity contribution is 5.69. The lowest BCUT2D eigenvalue weighted by Gasteiger charge is -2.12. The van der Waals surface area contributed by atoms with Crippen LogP contribution < -0.4 is 14.8 Å². The summed E-state index contributed by atoms with van der Waals surface area (Å²) in [4.78, 5) is 10.6. The van der Waals surface area contributed by atoms with E-state index in [4.69, 9.17) is 14.6 Å². The Morgan fingerprint density at radius 1 is 1.06 bits per heavy atom. The van der Waals surface area contributed by atoms with Gasteiger partial charge in [-0.3, -0.25) is 0 Å². The van der Waals surface area contributed by atoms with Crippen LogP contribution in [0.2, 0.25) is 0 Å². The summed E-state index contributed by atoms with van der Waals surface area (Å²) in [6.45, 7) is 4.78. The molecule has 0 radical (unpaired) electrons. The molecule has 3 aromatic rings. The maximum absolute atomic E-state index is 14.1. The number of rotatable bonds is 10. The molecule has 0 amide bonds. The van der Waals surface area contributed by atoms with Gasteiger partial charge in [-0.25, -0.2) is 9.18 Å². The van der Waals surface area contributed by atoms with Crippen LogP contribution in [0, 0.1) is 12.7 Å². The molecule has 3 aromatic carbocycles. The van der Waals surface area contributed by atoms with E-state index in [1.807, 2.05) is 24.3 Å². The highest BCUT2D eigenvalue weighted by Crippen LogP contribution is 2.28. The molecule has 0 aliphatic carbocycles. The Hall–Kier alpha value is -3.54. The number of aliphatic carboxylic acids is 1. The molecule has 2 N–H and O–H groups in total. The van der Waals surface area contributed by atoms with Crippen molar-refractivity contribution in [3.8, 4) is 22.6 Å². The number of carbonyl (C=O) groups is 1. The Bertz CT molecular complexity index is 1050. The van der Waals surface area contributed by atoms with E-state index in [9.17, 15) is 9.18 Å². The summed E-state index contributed by atoms with van der Waals surface area (Å²) in [5.41, 5.74) is 5.01. The van der Waals surface area contributed by atoms with E-state index >= 15 is 0 Å². The molecule has 0 aliphatic rings. The molecule has 0 unspecified atom stereocenters. The van der Waals surface area contributed by atoms with E-state index in [0.717, 1.165) is 34.4 Å². The number of hydrogen-bond donors (Lipinski definition) is 2. The Balaban J connectivity index is 1.67. The monoisotopic (exact) mass is 423 g/mol. The van der Waals surface area contributed by atoms with E-state index in [1.54, 1.807) is 6.07 Å². The van der Waals surface area contributed by atoms with Gasteiger partial charge in [-0.1, -0.05) is 31.2 Å². The fraction of sp³-hybridized carbons (Fsp3) is 0.240. The minimum Gasteiger partial charge on any atom is -0.494 e. The van der Waals surface area contributed by atoms with Crippen molar-refractivity contribution >= 4 is 11.7 Å². The number of halogens is 1. The lowest BCUT2D eigenvalue weighted by atomic mass is 9.98. The SMILES string of the molecule is CCCOc1ccc(-c2cccc(CNc3ccc(OCC(=O)O)c(F)c3)c2)c(C)c1. The highest BCUT2D eigenvalue weighted by atomic mass is 19.1. The molecular formula is C25H26FNO4.